The Bertz CT molecular complexity index is 1810. The largest absolute Gasteiger partial charge is 0.508 e. The smallest absolute Gasteiger partial charge is 0.334 e. The highest BCUT2D eigenvalue weighted by molar-refractivity contribution is 5.92. The lowest BCUT2D eigenvalue weighted by atomic mass is 9.88. The molecule has 0 radical (unpaired) electrons. The third kappa shape index (κ3) is 6.59. The SMILES string of the molecule is CN1CC(=O)N2[C@@H](Cc3ccc(O)cc3)C(=O)N(CC3=CC=CC4C=NN(Cc5cccc(N)c5)C34)C[C@@H]2N1C(=O)NCc1ccccc1. The highest BCUT2D eigenvalue weighted by Crippen LogP contribution is 2.33. The van der Waals surface area contributed by atoms with Crippen LogP contribution in [0.3, 0.4) is 0 Å². The van der Waals surface area contributed by atoms with Crippen molar-refractivity contribution in [1.82, 2.24) is 30.1 Å². The van der Waals surface area contributed by atoms with E-state index in [0.717, 1.165) is 22.3 Å². The molecule has 3 aromatic rings. The molecule has 4 atom stereocenters. The third-order valence-electron chi connectivity index (χ3n) is 9.56. The zero-order chi connectivity index (χ0) is 34.1. The van der Waals surface area contributed by atoms with Crippen LogP contribution in [0.15, 0.2) is 108 Å². The fourth-order valence-electron chi connectivity index (χ4n) is 7.26. The number of fused-ring (bicyclic) bond motifs is 2. The number of hydrogen-bond acceptors (Lipinski definition) is 8. The Morgan fingerprint density at radius 3 is 2.53 bits per heavy atom. The summed E-state index contributed by atoms with van der Waals surface area (Å²) in [6.45, 7) is 1.25. The van der Waals surface area contributed by atoms with Gasteiger partial charge in [0.25, 0.3) is 0 Å². The van der Waals surface area contributed by atoms with E-state index in [1.54, 1.807) is 51.1 Å². The molecule has 2 saturated heterocycles. The average molecular weight is 661 g/mol. The molecule has 2 fully saturated rings. The molecule has 12 nitrogen and oxygen atoms in total. The van der Waals surface area contributed by atoms with Crippen LogP contribution in [0.5, 0.6) is 5.75 Å². The number of phenols is 1. The second-order valence-electron chi connectivity index (χ2n) is 12.9. The van der Waals surface area contributed by atoms with Crippen molar-refractivity contribution < 1.29 is 19.5 Å². The number of nitrogens with two attached hydrogens (primary N) is 1. The molecule has 4 amide bonds. The molecule has 2 unspecified atom stereocenters. The number of hydrogen-bond donors (Lipinski definition) is 3. The lowest BCUT2D eigenvalue weighted by Crippen LogP contribution is -2.76. The fraction of sp³-hybridized carbons (Fsp3) is 0.297. The van der Waals surface area contributed by atoms with Crippen LogP contribution >= 0.6 is 0 Å². The normalized spacial score (nSPS) is 23.4. The molecule has 1 aliphatic carbocycles. The van der Waals surface area contributed by atoms with Crippen LogP contribution in [0.1, 0.15) is 16.7 Å². The molecule has 0 aromatic heterocycles. The number of rotatable bonds is 8. The summed E-state index contributed by atoms with van der Waals surface area (Å²) in [6.07, 6.45) is 7.58. The van der Waals surface area contributed by atoms with Gasteiger partial charge in [0.2, 0.25) is 11.8 Å². The number of likely N-dealkylation sites (N-methyl/N-ethyl adjacent to an activating group) is 1. The summed E-state index contributed by atoms with van der Waals surface area (Å²) >= 11 is 0. The minimum absolute atomic E-state index is 0.0351. The van der Waals surface area contributed by atoms with Gasteiger partial charge in [-0.05, 0) is 46.5 Å². The van der Waals surface area contributed by atoms with E-state index in [0.29, 0.717) is 25.3 Å². The van der Waals surface area contributed by atoms with Gasteiger partial charge in [-0.25, -0.2) is 14.8 Å². The van der Waals surface area contributed by atoms with Crippen molar-refractivity contribution in [2.24, 2.45) is 11.0 Å². The molecule has 4 N–H and O–H groups in total. The molecule has 12 heteroatoms. The Kier molecular flexibility index (Phi) is 8.79. The van der Waals surface area contributed by atoms with Gasteiger partial charge in [-0.1, -0.05) is 72.8 Å². The van der Waals surface area contributed by atoms with Gasteiger partial charge in [0.05, 0.1) is 25.7 Å². The average Bonchev–Trinajstić information content (AvgIpc) is 3.50. The van der Waals surface area contributed by atoms with Gasteiger partial charge in [0.1, 0.15) is 18.0 Å². The van der Waals surface area contributed by atoms with Gasteiger partial charge >= 0.3 is 6.03 Å². The first kappa shape index (κ1) is 32.0. The van der Waals surface area contributed by atoms with E-state index >= 15 is 0 Å². The number of hydrazone groups is 1. The Morgan fingerprint density at radius 2 is 1.76 bits per heavy atom. The third-order valence-corrected chi connectivity index (χ3v) is 9.56. The van der Waals surface area contributed by atoms with Crippen LogP contribution < -0.4 is 11.1 Å². The number of hydrazine groups is 1. The summed E-state index contributed by atoms with van der Waals surface area (Å²) in [5.41, 5.74) is 10.5. The molecular weight excluding hydrogens is 620 g/mol. The first-order valence-corrected chi connectivity index (χ1v) is 16.5. The maximum Gasteiger partial charge on any atom is 0.334 e. The number of benzene rings is 3. The van der Waals surface area contributed by atoms with Crippen LogP contribution in [0.4, 0.5) is 10.5 Å². The predicted molar refractivity (Wildman–Crippen MR) is 185 cm³/mol. The Balaban J connectivity index is 1.18. The second kappa shape index (κ2) is 13.5. The standard InChI is InChI=1S/C37H40N8O4/c1-41-24-34(47)44-32(18-25-13-15-31(46)16-14-25)36(48)42(23-33(44)45(41)37(49)39-19-26-7-3-2-4-8-26)22-29-11-6-10-28-20-40-43(35(28)29)21-27-9-5-12-30(38)17-27/h2-17,20,28,32-33,35,46H,18-19,21-24,38H2,1H3,(H,39,49)/t28?,32-,33-,35?/m0/s1. The molecule has 7 rings (SSSR count). The number of phenolic OH excluding ortho intramolecular Hbond substituents is 1. The van der Waals surface area contributed by atoms with E-state index in [9.17, 15) is 19.5 Å². The van der Waals surface area contributed by atoms with Gasteiger partial charge in [-0.15, -0.1) is 0 Å². The minimum Gasteiger partial charge on any atom is -0.508 e. The zero-order valence-electron chi connectivity index (χ0n) is 27.3. The highest BCUT2D eigenvalue weighted by atomic mass is 16.3. The Morgan fingerprint density at radius 1 is 0.980 bits per heavy atom. The summed E-state index contributed by atoms with van der Waals surface area (Å²) in [4.78, 5) is 45.4. The summed E-state index contributed by atoms with van der Waals surface area (Å²) in [7, 11) is 1.72. The van der Waals surface area contributed by atoms with Crippen molar-refractivity contribution in [3.8, 4) is 5.75 Å². The van der Waals surface area contributed by atoms with Crippen LogP contribution in [-0.2, 0) is 29.1 Å². The monoisotopic (exact) mass is 660 g/mol. The summed E-state index contributed by atoms with van der Waals surface area (Å²) in [5.74, 6) is -0.273. The quantitative estimate of drug-likeness (QED) is 0.316. The molecule has 0 bridgehead atoms. The van der Waals surface area contributed by atoms with Gasteiger partial charge < -0.3 is 26.0 Å². The van der Waals surface area contributed by atoms with E-state index in [1.807, 2.05) is 78.0 Å². The molecule has 49 heavy (non-hydrogen) atoms. The first-order chi connectivity index (χ1) is 23.7. The number of piperazine rings is 1. The molecule has 3 heterocycles. The van der Waals surface area contributed by atoms with E-state index in [2.05, 4.69) is 11.4 Å². The van der Waals surface area contributed by atoms with Gasteiger partial charge in [-0.2, -0.15) is 5.10 Å². The van der Waals surface area contributed by atoms with Crippen LogP contribution in [0, 0.1) is 5.92 Å². The predicted octanol–water partition coefficient (Wildman–Crippen LogP) is 2.94. The van der Waals surface area contributed by atoms with E-state index in [1.165, 1.54) is 0 Å². The van der Waals surface area contributed by atoms with Crippen molar-refractivity contribution in [2.75, 3.05) is 32.4 Å². The zero-order valence-corrected chi connectivity index (χ0v) is 27.3. The highest BCUT2D eigenvalue weighted by Gasteiger charge is 2.51. The molecule has 0 spiro atoms. The molecule has 3 aliphatic heterocycles. The van der Waals surface area contributed by atoms with E-state index < -0.39 is 12.2 Å². The fourth-order valence-corrected chi connectivity index (χ4v) is 7.26. The molecule has 252 valence electrons. The van der Waals surface area contributed by atoms with Crippen molar-refractivity contribution in [2.45, 2.75) is 37.8 Å². The lowest BCUT2D eigenvalue weighted by Gasteiger charge is -2.54. The number of nitrogen functional groups attached to an aromatic ring is 1. The minimum atomic E-state index is -0.854. The molecule has 3 aromatic carbocycles. The number of carbonyl (C=O) groups excluding carboxylic acids is 3. The van der Waals surface area contributed by atoms with Crippen molar-refractivity contribution >= 4 is 29.7 Å². The molecular formula is C37H40N8O4. The van der Waals surface area contributed by atoms with Crippen molar-refractivity contribution in [3.05, 3.63) is 119 Å². The molecule has 0 saturated carbocycles. The van der Waals surface area contributed by atoms with Gasteiger partial charge in [0, 0.05) is 44.4 Å². The number of allylic oxidation sites excluding steroid dienone is 2. The number of urea groups is 1. The Hall–Kier alpha value is -5.62. The number of carbonyl (C=O) groups is 3. The first-order valence-electron chi connectivity index (χ1n) is 16.5. The van der Waals surface area contributed by atoms with Crippen molar-refractivity contribution in [3.63, 3.8) is 0 Å². The topological polar surface area (TPSA) is 138 Å². The van der Waals surface area contributed by atoms with Crippen LogP contribution in [-0.4, -0.2) is 98.9 Å². The van der Waals surface area contributed by atoms with Crippen LogP contribution in [0.2, 0.25) is 0 Å². The number of nitrogens with zero attached hydrogens (tertiary/aromatic N) is 6. The number of nitrogens with one attached hydrogen (secondary N) is 1. The number of aromatic hydroxyl groups is 1. The number of amides is 4. The molecule has 4 aliphatic rings. The van der Waals surface area contributed by atoms with E-state index in [-0.39, 0.29) is 55.1 Å². The number of anilines is 1. The lowest BCUT2D eigenvalue weighted by molar-refractivity contribution is -0.186. The van der Waals surface area contributed by atoms with Gasteiger partial charge in [-0.3, -0.25) is 14.6 Å². The maximum absolute atomic E-state index is 14.5. The Labute approximate surface area is 285 Å². The second-order valence-corrected chi connectivity index (χ2v) is 12.9. The summed E-state index contributed by atoms with van der Waals surface area (Å²) in [6, 6.07) is 22.7. The van der Waals surface area contributed by atoms with Crippen molar-refractivity contribution in [1.29, 1.82) is 0 Å². The van der Waals surface area contributed by atoms with E-state index in [4.69, 9.17) is 10.8 Å². The van der Waals surface area contributed by atoms with Crippen LogP contribution in [0.25, 0.3) is 0 Å². The summed E-state index contributed by atoms with van der Waals surface area (Å²) < 4.78 is 0. The maximum atomic E-state index is 14.5. The van der Waals surface area contributed by atoms with Gasteiger partial charge in [0.15, 0.2) is 0 Å². The summed E-state index contributed by atoms with van der Waals surface area (Å²) in [5, 5.41) is 22.9.